The molecular weight excluding hydrogens is 246 g/mol. The van der Waals surface area contributed by atoms with E-state index in [1.807, 2.05) is 6.26 Å². The Morgan fingerprint density at radius 1 is 1.50 bits per heavy atom. The van der Waals surface area contributed by atoms with Gasteiger partial charge in [-0.3, -0.25) is 4.79 Å². The van der Waals surface area contributed by atoms with Gasteiger partial charge in [-0.25, -0.2) is 0 Å². The van der Waals surface area contributed by atoms with Crippen LogP contribution < -0.4 is 11.1 Å². The third-order valence-electron chi connectivity index (χ3n) is 3.68. The second kappa shape index (κ2) is 8.77. The zero-order valence-corrected chi connectivity index (χ0v) is 12.5. The van der Waals surface area contributed by atoms with E-state index in [1.54, 1.807) is 11.8 Å². The van der Waals surface area contributed by atoms with Gasteiger partial charge in [-0.2, -0.15) is 11.8 Å². The summed E-state index contributed by atoms with van der Waals surface area (Å²) in [4.78, 5) is 14.0. The third-order valence-corrected chi connectivity index (χ3v) is 4.33. The van der Waals surface area contributed by atoms with Gasteiger partial charge in [0.05, 0.1) is 6.04 Å². The molecule has 1 aliphatic carbocycles. The molecule has 0 aliphatic heterocycles. The fourth-order valence-corrected chi connectivity index (χ4v) is 2.88. The molecule has 106 valence electrons. The fraction of sp³-hybridized carbons (Fsp3) is 0.923. The van der Waals surface area contributed by atoms with Crippen molar-refractivity contribution in [1.29, 1.82) is 0 Å². The first-order chi connectivity index (χ1) is 8.65. The molecule has 1 aliphatic rings. The van der Waals surface area contributed by atoms with Crippen LogP contribution in [-0.2, 0) is 4.79 Å². The van der Waals surface area contributed by atoms with Crippen LogP contribution in [0.3, 0.4) is 0 Å². The molecular formula is C13H27N3OS. The lowest BCUT2D eigenvalue weighted by Gasteiger charge is -2.24. The Balaban J connectivity index is 2.10. The molecule has 0 spiro atoms. The van der Waals surface area contributed by atoms with Gasteiger partial charge in [0.2, 0.25) is 5.91 Å². The largest absolute Gasteiger partial charge is 0.353 e. The molecule has 0 aromatic carbocycles. The molecule has 4 nitrogen and oxygen atoms in total. The highest BCUT2D eigenvalue weighted by Crippen LogP contribution is 2.21. The Morgan fingerprint density at radius 3 is 2.78 bits per heavy atom. The van der Waals surface area contributed by atoms with Crippen molar-refractivity contribution in [3.05, 3.63) is 0 Å². The molecule has 1 rings (SSSR count). The number of likely N-dealkylation sites (N-methyl/N-ethyl adjacent to an activating group) is 1. The summed E-state index contributed by atoms with van der Waals surface area (Å²) in [5, 5.41) is 2.93. The van der Waals surface area contributed by atoms with E-state index in [2.05, 4.69) is 17.3 Å². The van der Waals surface area contributed by atoms with Gasteiger partial charge in [0, 0.05) is 19.1 Å². The van der Waals surface area contributed by atoms with Crippen molar-refractivity contribution in [2.45, 2.75) is 44.2 Å². The third kappa shape index (κ3) is 5.59. The molecule has 0 unspecified atom stereocenters. The highest BCUT2D eigenvalue weighted by molar-refractivity contribution is 7.98. The summed E-state index contributed by atoms with van der Waals surface area (Å²) >= 11 is 1.72. The summed E-state index contributed by atoms with van der Waals surface area (Å²) in [6.07, 6.45) is 8.09. The Hall–Kier alpha value is -0.260. The summed E-state index contributed by atoms with van der Waals surface area (Å²) in [6.45, 7) is 1.63. The number of hydrogen-bond acceptors (Lipinski definition) is 4. The first-order valence-corrected chi connectivity index (χ1v) is 8.27. The van der Waals surface area contributed by atoms with Crippen LogP contribution in [0.15, 0.2) is 0 Å². The Kier molecular flexibility index (Phi) is 7.70. The van der Waals surface area contributed by atoms with E-state index in [4.69, 9.17) is 5.73 Å². The van der Waals surface area contributed by atoms with Crippen molar-refractivity contribution in [2.75, 3.05) is 32.1 Å². The highest BCUT2D eigenvalue weighted by Gasteiger charge is 2.19. The second-order valence-corrected chi connectivity index (χ2v) is 6.08. The van der Waals surface area contributed by atoms with Crippen molar-refractivity contribution < 1.29 is 4.79 Å². The Labute approximate surface area is 115 Å². The first kappa shape index (κ1) is 15.8. The molecule has 0 bridgehead atoms. The van der Waals surface area contributed by atoms with Crippen molar-refractivity contribution in [3.63, 3.8) is 0 Å². The summed E-state index contributed by atoms with van der Waals surface area (Å²) in [6, 6.07) is 0.362. The van der Waals surface area contributed by atoms with Crippen LogP contribution in [0.1, 0.15) is 32.1 Å². The van der Waals surface area contributed by atoms with E-state index in [9.17, 15) is 4.79 Å². The molecule has 0 aromatic rings. The van der Waals surface area contributed by atoms with Crippen LogP contribution in [0.5, 0.6) is 0 Å². The fourth-order valence-electron chi connectivity index (χ4n) is 2.39. The quantitative estimate of drug-likeness (QED) is 0.694. The van der Waals surface area contributed by atoms with Gasteiger partial charge in [-0.1, -0.05) is 12.8 Å². The summed E-state index contributed by atoms with van der Waals surface area (Å²) in [5.74, 6) is 0.931. The topological polar surface area (TPSA) is 58.4 Å². The SMILES string of the molecule is CSCC[C@H](N)C(=O)NCCN(C)C1CCCC1. The number of rotatable bonds is 8. The smallest absolute Gasteiger partial charge is 0.236 e. The summed E-state index contributed by atoms with van der Waals surface area (Å²) < 4.78 is 0. The van der Waals surface area contributed by atoms with E-state index in [-0.39, 0.29) is 11.9 Å². The van der Waals surface area contributed by atoms with Crippen LogP contribution in [0.4, 0.5) is 0 Å². The van der Waals surface area contributed by atoms with Crippen LogP contribution in [0.2, 0.25) is 0 Å². The highest BCUT2D eigenvalue weighted by atomic mass is 32.2. The second-order valence-electron chi connectivity index (χ2n) is 5.10. The number of nitrogens with two attached hydrogens (primary N) is 1. The van der Waals surface area contributed by atoms with E-state index >= 15 is 0 Å². The van der Waals surface area contributed by atoms with Gasteiger partial charge < -0.3 is 16.0 Å². The van der Waals surface area contributed by atoms with Gasteiger partial charge in [0.1, 0.15) is 0 Å². The normalized spacial score (nSPS) is 18.2. The molecule has 0 saturated heterocycles. The van der Waals surface area contributed by atoms with Crippen LogP contribution in [0, 0.1) is 0 Å². The maximum Gasteiger partial charge on any atom is 0.236 e. The predicted molar refractivity (Wildman–Crippen MR) is 78.9 cm³/mol. The average Bonchev–Trinajstić information content (AvgIpc) is 2.89. The standard InChI is InChI=1S/C13H27N3OS/c1-16(11-5-3-4-6-11)9-8-15-13(17)12(14)7-10-18-2/h11-12H,3-10,14H2,1-2H3,(H,15,17)/t12-/m0/s1. The van der Waals surface area contributed by atoms with Crippen molar-refractivity contribution in [3.8, 4) is 0 Å². The molecule has 0 radical (unpaired) electrons. The van der Waals surface area contributed by atoms with Gasteiger partial charge in [-0.15, -0.1) is 0 Å². The van der Waals surface area contributed by atoms with Crippen LogP contribution in [0.25, 0.3) is 0 Å². The average molecular weight is 273 g/mol. The van der Waals surface area contributed by atoms with Crippen LogP contribution in [-0.4, -0.2) is 55.0 Å². The van der Waals surface area contributed by atoms with Crippen LogP contribution >= 0.6 is 11.8 Å². The van der Waals surface area contributed by atoms with Crippen molar-refractivity contribution in [2.24, 2.45) is 5.73 Å². The maximum absolute atomic E-state index is 11.7. The molecule has 3 N–H and O–H groups in total. The van der Waals surface area contributed by atoms with Gasteiger partial charge in [0.15, 0.2) is 0 Å². The molecule has 0 heterocycles. The lowest BCUT2D eigenvalue weighted by Crippen LogP contribution is -2.44. The maximum atomic E-state index is 11.7. The molecule has 1 saturated carbocycles. The minimum absolute atomic E-state index is 0.0103. The molecule has 1 amide bonds. The number of amides is 1. The summed E-state index contributed by atoms with van der Waals surface area (Å²) in [5.41, 5.74) is 5.80. The van der Waals surface area contributed by atoms with Gasteiger partial charge in [-0.05, 0) is 38.3 Å². The molecule has 1 atom stereocenters. The van der Waals surface area contributed by atoms with E-state index < -0.39 is 0 Å². The molecule has 1 fully saturated rings. The van der Waals surface area contributed by atoms with Crippen molar-refractivity contribution in [1.82, 2.24) is 10.2 Å². The first-order valence-electron chi connectivity index (χ1n) is 6.87. The number of hydrogen-bond donors (Lipinski definition) is 2. The van der Waals surface area contributed by atoms with Crippen molar-refractivity contribution >= 4 is 17.7 Å². The number of thioether (sulfide) groups is 1. The molecule has 0 aromatic heterocycles. The minimum Gasteiger partial charge on any atom is -0.353 e. The zero-order chi connectivity index (χ0) is 13.4. The number of carbonyl (C=O) groups excluding carboxylic acids is 1. The Bertz CT molecular complexity index is 244. The predicted octanol–water partition coefficient (Wildman–Crippen LogP) is 1.06. The number of nitrogens with one attached hydrogen (secondary N) is 1. The zero-order valence-electron chi connectivity index (χ0n) is 11.7. The van der Waals surface area contributed by atoms with E-state index in [1.165, 1.54) is 25.7 Å². The lowest BCUT2D eigenvalue weighted by atomic mass is 10.2. The monoisotopic (exact) mass is 273 g/mol. The van der Waals surface area contributed by atoms with E-state index in [0.717, 1.165) is 18.7 Å². The minimum atomic E-state index is -0.353. The lowest BCUT2D eigenvalue weighted by molar-refractivity contribution is -0.122. The molecule has 18 heavy (non-hydrogen) atoms. The summed E-state index contributed by atoms with van der Waals surface area (Å²) in [7, 11) is 2.15. The van der Waals surface area contributed by atoms with Gasteiger partial charge in [0.25, 0.3) is 0 Å². The number of carbonyl (C=O) groups is 1. The Morgan fingerprint density at radius 2 is 2.17 bits per heavy atom. The number of nitrogens with zero attached hydrogens (tertiary/aromatic N) is 1. The van der Waals surface area contributed by atoms with Gasteiger partial charge >= 0.3 is 0 Å². The van der Waals surface area contributed by atoms with E-state index in [0.29, 0.717) is 12.6 Å². The molecule has 5 heteroatoms.